The highest BCUT2D eigenvalue weighted by Crippen LogP contribution is 2.20. The number of anilines is 1. The van der Waals surface area contributed by atoms with Crippen molar-refractivity contribution in [1.29, 1.82) is 0 Å². The molecule has 0 bridgehead atoms. The Balaban J connectivity index is 1.64. The van der Waals surface area contributed by atoms with Crippen molar-refractivity contribution in [2.45, 2.75) is 26.8 Å². The first-order valence-electron chi connectivity index (χ1n) is 9.89. The number of carbonyl (C=O) groups excluding carboxylic acids is 2. The third kappa shape index (κ3) is 5.47. The standard InChI is InChI=1S/C25H26N2O3/c1-17-13-14-23(18(2)15-17)30-16-24(28)27-22-12-8-7-11-21(22)25(29)26-19(3)20-9-5-4-6-10-20/h4-15,19H,16H2,1-3H3,(H,26,29)(H,27,28)/t19-/m1/s1. The average Bonchev–Trinajstić information content (AvgIpc) is 2.74. The lowest BCUT2D eigenvalue weighted by Crippen LogP contribution is -2.28. The van der Waals surface area contributed by atoms with Crippen molar-refractivity contribution in [1.82, 2.24) is 5.32 Å². The number of carbonyl (C=O) groups is 2. The Morgan fingerprint density at radius 2 is 1.63 bits per heavy atom. The third-order valence-electron chi connectivity index (χ3n) is 4.78. The average molecular weight is 402 g/mol. The summed E-state index contributed by atoms with van der Waals surface area (Å²) in [4.78, 5) is 25.2. The smallest absolute Gasteiger partial charge is 0.262 e. The number of para-hydroxylation sites is 1. The van der Waals surface area contributed by atoms with E-state index in [0.717, 1.165) is 16.7 Å². The maximum absolute atomic E-state index is 12.8. The summed E-state index contributed by atoms with van der Waals surface area (Å²) in [5.41, 5.74) is 3.96. The molecule has 30 heavy (non-hydrogen) atoms. The number of aryl methyl sites for hydroxylation is 2. The van der Waals surface area contributed by atoms with Gasteiger partial charge < -0.3 is 15.4 Å². The molecule has 154 valence electrons. The Morgan fingerprint density at radius 3 is 2.37 bits per heavy atom. The number of ether oxygens (including phenoxy) is 1. The van der Waals surface area contributed by atoms with E-state index < -0.39 is 0 Å². The Hall–Kier alpha value is -3.60. The van der Waals surface area contributed by atoms with Crippen LogP contribution in [0.25, 0.3) is 0 Å². The fourth-order valence-corrected chi connectivity index (χ4v) is 3.18. The molecule has 0 radical (unpaired) electrons. The molecule has 0 aromatic heterocycles. The topological polar surface area (TPSA) is 67.4 Å². The molecule has 1 atom stereocenters. The second kappa shape index (κ2) is 9.74. The van der Waals surface area contributed by atoms with E-state index in [1.54, 1.807) is 24.3 Å². The number of nitrogens with one attached hydrogen (secondary N) is 2. The fraction of sp³-hybridized carbons (Fsp3) is 0.200. The van der Waals surface area contributed by atoms with Gasteiger partial charge in [-0.2, -0.15) is 0 Å². The highest BCUT2D eigenvalue weighted by Gasteiger charge is 2.16. The Morgan fingerprint density at radius 1 is 0.933 bits per heavy atom. The van der Waals surface area contributed by atoms with E-state index in [4.69, 9.17) is 4.74 Å². The van der Waals surface area contributed by atoms with Crippen molar-refractivity contribution in [3.8, 4) is 5.75 Å². The SMILES string of the molecule is Cc1ccc(OCC(=O)Nc2ccccc2C(=O)N[C@H](C)c2ccccc2)c(C)c1. The van der Waals surface area contributed by atoms with Crippen molar-refractivity contribution in [3.63, 3.8) is 0 Å². The summed E-state index contributed by atoms with van der Waals surface area (Å²) in [6.45, 7) is 5.73. The van der Waals surface area contributed by atoms with Crippen molar-refractivity contribution >= 4 is 17.5 Å². The lowest BCUT2D eigenvalue weighted by atomic mass is 10.1. The molecule has 0 aliphatic carbocycles. The van der Waals surface area contributed by atoms with Crippen LogP contribution in [0.4, 0.5) is 5.69 Å². The number of benzene rings is 3. The maximum atomic E-state index is 12.8. The van der Waals surface area contributed by atoms with Gasteiger partial charge in [0.05, 0.1) is 17.3 Å². The number of hydrogen-bond acceptors (Lipinski definition) is 3. The Bertz CT molecular complexity index is 1030. The molecule has 2 N–H and O–H groups in total. The van der Waals surface area contributed by atoms with Crippen LogP contribution >= 0.6 is 0 Å². The van der Waals surface area contributed by atoms with Gasteiger partial charge in [0.2, 0.25) is 0 Å². The largest absolute Gasteiger partial charge is 0.483 e. The number of rotatable bonds is 7. The van der Waals surface area contributed by atoms with E-state index in [1.165, 1.54) is 0 Å². The number of amides is 2. The van der Waals surface area contributed by atoms with Crippen molar-refractivity contribution in [3.05, 3.63) is 95.1 Å². The van der Waals surface area contributed by atoms with Gasteiger partial charge >= 0.3 is 0 Å². The Labute approximate surface area is 177 Å². The van der Waals surface area contributed by atoms with E-state index in [-0.39, 0.29) is 24.5 Å². The molecule has 0 aliphatic heterocycles. The normalized spacial score (nSPS) is 11.4. The lowest BCUT2D eigenvalue weighted by Gasteiger charge is -2.16. The van der Waals surface area contributed by atoms with Crippen LogP contribution in [0, 0.1) is 13.8 Å². The van der Waals surface area contributed by atoms with Gasteiger partial charge in [0.1, 0.15) is 5.75 Å². The number of hydrogen-bond donors (Lipinski definition) is 2. The van der Waals surface area contributed by atoms with Crippen molar-refractivity contribution < 1.29 is 14.3 Å². The summed E-state index contributed by atoms with van der Waals surface area (Å²) in [6.07, 6.45) is 0. The first kappa shape index (κ1) is 21.1. The van der Waals surface area contributed by atoms with Crippen LogP contribution in [-0.4, -0.2) is 18.4 Å². The van der Waals surface area contributed by atoms with Crippen molar-refractivity contribution in [2.75, 3.05) is 11.9 Å². The van der Waals surface area contributed by atoms with E-state index in [0.29, 0.717) is 17.0 Å². The van der Waals surface area contributed by atoms with E-state index >= 15 is 0 Å². The monoisotopic (exact) mass is 402 g/mol. The predicted octanol–water partition coefficient (Wildman–Crippen LogP) is 4.81. The molecule has 2 amide bonds. The van der Waals surface area contributed by atoms with E-state index in [9.17, 15) is 9.59 Å². The molecular formula is C25H26N2O3. The highest BCUT2D eigenvalue weighted by atomic mass is 16.5. The van der Waals surface area contributed by atoms with Gasteiger partial charge in [-0.25, -0.2) is 0 Å². The maximum Gasteiger partial charge on any atom is 0.262 e. The van der Waals surface area contributed by atoms with Gasteiger partial charge in [-0.3, -0.25) is 9.59 Å². The van der Waals surface area contributed by atoms with Gasteiger partial charge in [0.15, 0.2) is 6.61 Å². The molecule has 0 fully saturated rings. The first-order chi connectivity index (χ1) is 14.4. The van der Waals surface area contributed by atoms with Gasteiger partial charge in [0.25, 0.3) is 11.8 Å². The second-order valence-electron chi connectivity index (χ2n) is 7.26. The summed E-state index contributed by atoms with van der Waals surface area (Å²) in [7, 11) is 0. The molecule has 3 rings (SSSR count). The molecule has 3 aromatic rings. The van der Waals surface area contributed by atoms with Crippen LogP contribution in [0.5, 0.6) is 5.75 Å². The van der Waals surface area contributed by atoms with E-state index in [1.807, 2.05) is 69.3 Å². The summed E-state index contributed by atoms with van der Waals surface area (Å²) in [5.74, 6) is 0.0855. The molecule has 3 aromatic carbocycles. The molecule has 0 aliphatic rings. The zero-order valence-electron chi connectivity index (χ0n) is 17.4. The molecule has 0 saturated heterocycles. The highest BCUT2D eigenvalue weighted by molar-refractivity contribution is 6.04. The summed E-state index contributed by atoms with van der Waals surface area (Å²) < 4.78 is 5.64. The molecule has 0 unspecified atom stereocenters. The van der Waals surface area contributed by atoms with Gasteiger partial charge in [0, 0.05) is 0 Å². The van der Waals surface area contributed by atoms with Gasteiger partial charge in [-0.15, -0.1) is 0 Å². The summed E-state index contributed by atoms with van der Waals surface area (Å²) in [6, 6.07) is 22.3. The molecule has 0 heterocycles. The molecule has 0 saturated carbocycles. The second-order valence-corrected chi connectivity index (χ2v) is 7.26. The van der Waals surface area contributed by atoms with Crippen LogP contribution in [-0.2, 0) is 4.79 Å². The summed E-state index contributed by atoms with van der Waals surface area (Å²) >= 11 is 0. The predicted molar refractivity (Wildman–Crippen MR) is 119 cm³/mol. The minimum absolute atomic E-state index is 0.139. The van der Waals surface area contributed by atoms with Crippen LogP contribution in [0.1, 0.15) is 40.0 Å². The molecular weight excluding hydrogens is 376 g/mol. The van der Waals surface area contributed by atoms with Crippen LogP contribution < -0.4 is 15.4 Å². The lowest BCUT2D eigenvalue weighted by molar-refractivity contribution is -0.118. The zero-order valence-corrected chi connectivity index (χ0v) is 17.4. The zero-order chi connectivity index (χ0) is 21.5. The van der Waals surface area contributed by atoms with E-state index in [2.05, 4.69) is 10.6 Å². The van der Waals surface area contributed by atoms with Crippen LogP contribution in [0.3, 0.4) is 0 Å². The Kier molecular flexibility index (Phi) is 6.86. The minimum Gasteiger partial charge on any atom is -0.483 e. The molecule has 5 nitrogen and oxygen atoms in total. The van der Waals surface area contributed by atoms with Crippen LogP contribution in [0.15, 0.2) is 72.8 Å². The van der Waals surface area contributed by atoms with Crippen LogP contribution in [0.2, 0.25) is 0 Å². The third-order valence-corrected chi connectivity index (χ3v) is 4.78. The quantitative estimate of drug-likeness (QED) is 0.596. The first-order valence-corrected chi connectivity index (χ1v) is 9.89. The minimum atomic E-state index is -0.327. The molecule has 0 spiro atoms. The fourth-order valence-electron chi connectivity index (χ4n) is 3.18. The van der Waals surface area contributed by atoms with Crippen molar-refractivity contribution in [2.24, 2.45) is 0 Å². The molecule has 5 heteroatoms. The van der Waals surface area contributed by atoms with Gasteiger partial charge in [-0.1, -0.05) is 60.2 Å². The summed E-state index contributed by atoms with van der Waals surface area (Å²) in [5, 5.41) is 5.76. The van der Waals surface area contributed by atoms with Gasteiger partial charge in [-0.05, 0) is 50.1 Å².